The van der Waals surface area contributed by atoms with Gasteiger partial charge in [0.05, 0.1) is 0 Å². The number of hydrogen-bond acceptors (Lipinski definition) is 2. The summed E-state index contributed by atoms with van der Waals surface area (Å²) in [5, 5.41) is 20.0. The van der Waals surface area contributed by atoms with E-state index in [4.69, 9.17) is 0 Å². The molecule has 0 spiro atoms. The summed E-state index contributed by atoms with van der Waals surface area (Å²) in [6.07, 6.45) is 2.02. The number of para-hydroxylation sites is 1. The highest BCUT2D eigenvalue weighted by Crippen LogP contribution is 2.26. The number of phenols is 2. The molecule has 0 aliphatic heterocycles. The molecule has 90 valence electrons. The smallest absolute Gasteiger partial charge is 0.157 e. The second-order valence-corrected chi connectivity index (χ2v) is 4.33. The topological polar surface area (TPSA) is 45.4 Å². The summed E-state index contributed by atoms with van der Waals surface area (Å²) in [6.45, 7) is 0.668. The Bertz CT molecular complexity index is 701. The molecule has 3 rings (SSSR count). The van der Waals surface area contributed by atoms with Crippen molar-refractivity contribution in [1.82, 2.24) is 4.57 Å². The van der Waals surface area contributed by atoms with Crippen molar-refractivity contribution in [3.63, 3.8) is 0 Å². The van der Waals surface area contributed by atoms with Gasteiger partial charge in [0.15, 0.2) is 11.5 Å². The molecule has 1 heterocycles. The average molecular weight is 239 g/mol. The zero-order valence-electron chi connectivity index (χ0n) is 9.74. The summed E-state index contributed by atoms with van der Waals surface area (Å²) in [6, 6.07) is 15.1. The first-order valence-corrected chi connectivity index (χ1v) is 5.79. The first kappa shape index (κ1) is 10.7. The Morgan fingerprint density at radius 2 is 1.72 bits per heavy atom. The van der Waals surface area contributed by atoms with Crippen LogP contribution in [0.2, 0.25) is 0 Å². The van der Waals surface area contributed by atoms with Gasteiger partial charge >= 0.3 is 0 Å². The lowest BCUT2D eigenvalue weighted by Crippen LogP contribution is -1.97. The second-order valence-electron chi connectivity index (χ2n) is 4.33. The lowest BCUT2D eigenvalue weighted by atomic mass is 10.2. The Kier molecular flexibility index (Phi) is 2.45. The van der Waals surface area contributed by atoms with Crippen molar-refractivity contribution in [3.05, 3.63) is 60.3 Å². The molecule has 0 fully saturated rings. The Balaban J connectivity index is 1.98. The standard InChI is InChI=1S/C15H13NO2/c17-14-6-5-11(9-15(14)18)10-16-8-7-12-3-1-2-4-13(12)16/h1-9,17-18H,10H2. The lowest BCUT2D eigenvalue weighted by Gasteiger charge is -2.07. The first-order valence-electron chi connectivity index (χ1n) is 5.79. The molecule has 0 aliphatic rings. The molecule has 0 amide bonds. The number of aromatic nitrogens is 1. The monoisotopic (exact) mass is 239 g/mol. The van der Waals surface area contributed by atoms with Crippen LogP contribution in [0, 0.1) is 0 Å². The van der Waals surface area contributed by atoms with Crippen LogP contribution in [0.5, 0.6) is 11.5 Å². The molecule has 2 N–H and O–H groups in total. The molecule has 3 nitrogen and oxygen atoms in total. The van der Waals surface area contributed by atoms with E-state index in [0.29, 0.717) is 6.54 Å². The van der Waals surface area contributed by atoms with E-state index in [1.807, 2.05) is 24.4 Å². The molecule has 1 aromatic heterocycles. The van der Waals surface area contributed by atoms with E-state index >= 15 is 0 Å². The lowest BCUT2D eigenvalue weighted by molar-refractivity contribution is 0.403. The fourth-order valence-corrected chi connectivity index (χ4v) is 2.14. The molecular weight excluding hydrogens is 226 g/mol. The van der Waals surface area contributed by atoms with Crippen molar-refractivity contribution in [1.29, 1.82) is 0 Å². The van der Waals surface area contributed by atoms with E-state index in [-0.39, 0.29) is 11.5 Å². The third-order valence-corrected chi connectivity index (χ3v) is 3.07. The van der Waals surface area contributed by atoms with Crippen LogP contribution < -0.4 is 0 Å². The van der Waals surface area contributed by atoms with Crippen LogP contribution in [-0.2, 0) is 6.54 Å². The Hall–Kier alpha value is -2.42. The molecule has 18 heavy (non-hydrogen) atoms. The Morgan fingerprint density at radius 1 is 0.889 bits per heavy atom. The van der Waals surface area contributed by atoms with Gasteiger partial charge in [-0.25, -0.2) is 0 Å². The van der Waals surface area contributed by atoms with Gasteiger partial charge in [-0.3, -0.25) is 0 Å². The first-order chi connectivity index (χ1) is 8.74. The van der Waals surface area contributed by atoms with E-state index in [0.717, 1.165) is 11.1 Å². The van der Waals surface area contributed by atoms with Crippen LogP contribution in [-0.4, -0.2) is 14.8 Å². The van der Waals surface area contributed by atoms with Crippen molar-refractivity contribution < 1.29 is 10.2 Å². The molecular formula is C15H13NO2. The summed E-state index contributed by atoms with van der Waals surface area (Å²) in [7, 11) is 0. The largest absolute Gasteiger partial charge is 0.504 e. The maximum Gasteiger partial charge on any atom is 0.157 e. The fraction of sp³-hybridized carbons (Fsp3) is 0.0667. The maximum absolute atomic E-state index is 9.48. The van der Waals surface area contributed by atoms with Gasteiger partial charge in [-0.15, -0.1) is 0 Å². The van der Waals surface area contributed by atoms with E-state index in [1.54, 1.807) is 6.07 Å². The van der Waals surface area contributed by atoms with Gasteiger partial charge in [0, 0.05) is 18.3 Å². The highest BCUT2D eigenvalue weighted by atomic mass is 16.3. The normalized spacial score (nSPS) is 10.9. The molecule has 0 saturated carbocycles. The van der Waals surface area contributed by atoms with Gasteiger partial charge in [-0.2, -0.15) is 0 Å². The molecule has 0 atom stereocenters. The Labute approximate surface area is 105 Å². The number of benzene rings is 2. The molecule has 0 saturated heterocycles. The van der Waals surface area contributed by atoms with Gasteiger partial charge in [-0.1, -0.05) is 24.3 Å². The second kappa shape index (κ2) is 4.11. The average Bonchev–Trinajstić information content (AvgIpc) is 2.78. The van der Waals surface area contributed by atoms with E-state index in [9.17, 15) is 10.2 Å². The zero-order chi connectivity index (χ0) is 12.5. The van der Waals surface area contributed by atoms with Gasteiger partial charge in [0.2, 0.25) is 0 Å². The third-order valence-electron chi connectivity index (χ3n) is 3.07. The predicted molar refractivity (Wildman–Crippen MR) is 70.8 cm³/mol. The van der Waals surface area contributed by atoms with Gasteiger partial charge < -0.3 is 14.8 Å². The fourth-order valence-electron chi connectivity index (χ4n) is 2.14. The number of hydrogen-bond donors (Lipinski definition) is 2. The van der Waals surface area contributed by atoms with Crippen LogP contribution in [0.3, 0.4) is 0 Å². The highest BCUT2D eigenvalue weighted by molar-refractivity contribution is 5.80. The molecule has 0 radical (unpaired) electrons. The van der Waals surface area contributed by atoms with Crippen LogP contribution in [0.4, 0.5) is 0 Å². The van der Waals surface area contributed by atoms with Crippen molar-refractivity contribution in [2.75, 3.05) is 0 Å². The van der Waals surface area contributed by atoms with Crippen LogP contribution in [0.25, 0.3) is 10.9 Å². The summed E-state index contributed by atoms with van der Waals surface area (Å²) in [5.74, 6) is -0.167. The SMILES string of the molecule is Oc1ccc(Cn2ccc3ccccc32)cc1O. The minimum atomic E-state index is -0.0869. The molecule has 0 unspecified atom stereocenters. The third kappa shape index (κ3) is 1.80. The molecule has 0 aliphatic carbocycles. The predicted octanol–water partition coefficient (Wildman–Crippen LogP) is 3.10. The molecule has 0 bridgehead atoms. The maximum atomic E-state index is 9.48. The van der Waals surface area contributed by atoms with Gasteiger partial charge in [0.1, 0.15) is 0 Å². The van der Waals surface area contributed by atoms with E-state index < -0.39 is 0 Å². The number of rotatable bonds is 2. The van der Waals surface area contributed by atoms with Crippen LogP contribution >= 0.6 is 0 Å². The number of nitrogens with zero attached hydrogens (tertiary/aromatic N) is 1. The number of aromatic hydroxyl groups is 2. The summed E-state index contributed by atoms with van der Waals surface area (Å²) >= 11 is 0. The van der Waals surface area contributed by atoms with E-state index in [1.165, 1.54) is 11.5 Å². The van der Waals surface area contributed by atoms with Crippen molar-refractivity contribution >= 4 is 10.9 Å². The van der Waals surface area contributed by atoms with Crippen molar-refractivity contribution in [2.24, 2.45) is 0 Å². The molecule has 2 aromatic carbocycles. The Morgan fingerprint density at radius 3 is 2.56 bits per heavy atom. The summed E-state index contributed by atoms with van der Waals surface area (Å²) in [5.41, 5.74) is 2.11. The highest BCUT2D eigenvalue weighted by Gasteiger charge is 2.03. The van der Waals surface area contributed by atoms with Gasteiger partial charge in [0.25, 0.3) is 0 Å². The molecule has 3 heteroatoms. The number of phenolic OH excluding ortho intramolecular Hbond substituents is 2. The minimum Gasteiger partial charge on any atom is -0.504 e. The van der Waals surface area contributed by atoms with E-state index in [2.05, 4.69) is 22.8 Å². The minimum absolute atomic E-state index is 0.0797. The summed E-state index contributed by atoms with van der Waals surface area (Å²) in [4.78, 5) is 0. The summed E-state index contributed by atoms with van der Waals surface area (Å²) < 4.78 is 2.11. The van der Waals surface area contributed by atoms with Crippen molar-refractivity contribution in [3.8, 4) is 11.5 Å². The van der Waals surface area contributed by atoms with Crippen molar-refractivity contribution in [2.45, 2.75) is 6.54 Å². The molecule has 3 aromatic rings. The quantitative estimate of drug-likeness (QED) is 0.675. The van der Waals surface area contributed by atoms with Crippen LogP contribution in [0.1, 0.15) is 5.56 Å². The zero-order valence-corrected chi connectivity index (χ0v) is 9.74. The van der Waals surface area contributed by atoms with Crippen LogP contribution in [0.15, 0.2) is 54.7 Å². The number of fused-ring (bicyclic) bond motifs is 1. The van der Waals surface area contributed by atoms with Gasteiger partial charge in [-0.05, 0) is 35.2 Å².